The van der Waals surface area contributed by atoms with E-state index >= 15 is 0 Å². The average molecular weight is 457 g/mol. The molecule has 4 rings (SSSR count). The Bertz CT molecular complexity index is 1230. The number of sulfonamides is 1. The van der Waals surface area contributed by atoms with Gasteiger partial charge in [-0.25, -0.2) is 22.9 Å². The lowest BCUT2D eigenvalue weighted by Gasteiger charge is -2.28. The van der Waals surface area contributed by atoms with Gasteiger partial charge in [0, 0.05) is 53.9 Å². The molecule has 0 saturated carbocycles. The highest BCUT2D eigenvalue weighted by atomic mass is 32.2. The van der Waals surface area contributed by atoms with Gasteiger partial charge in [0.25, 0.3) is 0 Å². The van der Waals surface area contributed by atoms with Crippen LogP contribution in [0.3, 0.4) is 0 Å². The third kappa shape index (κ3) is 4.35. The van der Waals surface area contributed by atoms with Crippen molar-refractivity contribution in [2.75, 3.05) is 18.6 Å². The van der Waals surface area contributed by atoms with Gasteiger partial charge in [-0.2, -0.15) is 0 Å². The van der Waals surface area contributed by atoms with E-state index in [9.17, 15) is 13.2 Å². The third-order valence-corrected chi connectivity index (χ3v) is 7.40. The maximum absolute atomic E-state index is 12.6. The summed E-state index contributed by atoms with van der Waals surface area (Å²) in [7, 11) is -2.22. The largest absolute Gasteiger partial charge is 0.465 e. The Kier molecular flexibility index (Phi) is 6.21. The lowest BCUT2D eigenvalue weighted by atomic mass is 10.0. The van der Waals surface area contributed by atoms with Gasteiger partial charge in [-0.3, -0.25) is 0 Å². The second-order valence-corrected chi connectivity index (χ2v) is 9.88. The van der Waals surface area contributed by atoms with Crippen LogP contribution in [0.15, 0.2) is 41.4 Å². The molecule has 9 heteroatoms. The van der Waals surface area contributed by atoms with E-state index in [0.717, 1.165) is 53.8 Å². The number of carbonyl (C=O) groups is 1. The summed E-state index contributed by atoms with van der Waals surface area (Å²) >= 11 is 0. The summed E-state index contributed by atoms with van der Waals surface area (Å²) in [5.74, 6) is 0.351. The Balaban J connectivity index is 1.56. The molecule has 2 aromatic heterocycles. The van der Waals surface area contributed by atoms with Crippen LogP contribution in [0.4, 0.5) is 5.82 Å². The van der Waals surface area contributed by atoms with Gasteiger partial charge in [-0.05, 0) is 43.7 Å². The standard InChI is InChI=1S/C23H28N4O4S/c1-4-5-15(2)26-32(29,30)17-7-9-22(24-13-17)27-11-10-21-19(14-27)18-12-16(23(28)31-3)6-8-20(18)25-21/h6-9,12-13,15,25-26H,4-5,10-11,14H2,1-3H3. The molecule has 1 aromatic carbocycles. The number of rotatable bonds is 7. The van der Waals surface area contributed by atoms with Gasteiger partial charge in [-0.15, -0.1) is 0 Å². The number of nitrogens with zero attached hydrogens (tertiary/aromatic N) is 2. The number of esters is 1. The van der Waals surface area contributed by atoms with Gasteiger partial charge in [0.05, 0.1) is 12.7 Å². The molecule has 0 fully saturated rings. The number of pyridine rings is 1. The molecular formula is C23H28N4O4S. The van der Waals surface area contributed by atoms with E-state index in [1.54, 1.807) is 18.2 Å². The van der Waals surface area contributed by atoms with Gasteiger partial charge in [0.1, 0.15) is 10.7 Å². The van der Waals surface area contributed by atoms with Gasteiger partial charge in [0.2, 0.25) is 10.0 Å². The molecule has 170 valence electrons. The molecule has 2 N–H and O–H groups in total. The van der Waals surface area contributed by atoms with Crippen LogP contribution in [-0.2, 0) is 27.7 Å². The zero-order valence-electron chi connectivity index (χ0n) is 18.5. The molecule has 1 unspecified atom stereocenters. The van der Waals surface area contributed by atoms with Crippen LogP contribution in [0.25, 0.3) is 10.9 Å². The summed E-state index contributed by atoms with van der Waals surface area (Å²) in [5, 5.41) is 0.987. The van der Waals surface area contributed by atoms with Crippen molar-refractivity contribution in [2.45, 2.75) is 50.6 Å². The van der Waals surface area contributed by atoms with Crippen LogP contribution >= 0.6 is 0 Å². The highest BCUT2D eigenvalue weighted by Gasteiger charge is 2.23. The molecule has 1 aliphatic heterocycles. The van der Waals surface area contributed by atoms with Gasteiger partial charge < -0.3 is 14.6 Å². The zero-order valence-corrected chi connectivity index (χ0v) is 19.3. The summed E-state index contributed by atoms with van der Waals surface area (Å²) in [6.45, 7) is 5.26. The predicted octanol–water partition coefficient (Wildman–Crippen LogP) is 3.38. The van der Waals surface area contributed by atoms with Crippen molar-refractivity contribution in [1.82, 2.24) is 14.7 Å². The number of carbonyl (C=O) groups excluding carboxylic acids is 1. The van der Waals surface area contributed by atoms with E-state index in [1.165, 1.54) is 13.3 Å². The number of nitrogens with one attached hydrogen (secondary N) is 2. The van der Waals surface area contributed by atoms with Crippen molar-refractivity contribution < 1.29 is 17.9 Å². The molecule has 8 nitrogen and oxygen atoms in total. The highest BCUT2D eigenvalue weighted by molar-refractivity contribution is 7.89. The lowest BCUT2D eigenvalue weighted by molar-refractivity contribution is 0.0601. The molecule has 0 bridgehead atoms. The average Bonchev–Trinajstić information content (AvgIpc) is 3.15. The Labute approximate surface area is 188 Å². The normalized spacial score (nSPS) is 14.9. The summed E-state index contributed by atoms with van der Waals surface area (Å²) in [4.78, 5) is 22.1. The SMILES string of the molecule is CCCC(C)NS(=O)(=O)c1ccc(N2CCc3[nH]c4ccc(C(=O)OC)cc4c3C2)nc1. The summed E-state index contributed by atoms with van der Waals surface area (Å²) in [6.07, 6.45) is 3.90. The first-order valence-corrected chi connectivity index (χ1v) is 12.3. The van der Waals surface area contributed by atoms with E-state index in [-0.39, 0.29) is 16.9 Å². The number of methoxy groups -OCH3 is 1. The topological polar surface area (TPSA) is 104 Å². The molecular weight excluding hydrogens is 428 g/mol. The van der Waals surface area contributed by atoms with Crippen LogP contribution in [0.5, 0.6) is 0 Å². The molecule has 3 heterocycles. The van der Waals surface area contributed by atoms with E-state index < -0.39 is 10.0 Å². The number of H-pyrrole nitrogens is 1. The Morgan fingerprint density at radius 1 is 1.31 bits per heavy atom. The minimum atomic E-state index is -3.59. The van der Waals surface area contributed by atoms with Crippen molar-refractivity contribution in [3.63, 3.8) is 0 Å². The number of hydrogen-bond donors (Lipinski definition) is 2. The van der Waals surface area contributed by atoms with Crippen molar-refractivity contribution in [3.05, 3.63) is 53.3 Å². The van der Waals surface area contributed by atoms with Crippen LogP contribution in [0, 0.1) is 0 Å². The monoisotopic (exact) mass is 456 g/mol. The van der Waals surface area contributed by atoms with Gasteiger partial charge in [-0.1, -0.05) is 13.3 Å². The maximum atomic E-state index is 12.6. The number of ether oxygens (including phenoxy) is 1. The van der Waals surface area contributed by atoms with E-state index in [1.807, 2.05) is 26.0 Å². The van der Waals surface area contributed by atoms with Gasteiger partial charge in [0.15, 0.2) is 0 Å². The smallest absolute Gasteiger partial charge is 0.337 e. The predicted molar refractivity (Wildman–Crippen MR) is 123 cm³/mol. The highest BCUT2D eigenvalue weighted by Crippen LogP contribution is 2.30. The van der Waals surface area contributed by atoms with Crippen LogP contribution in [0.2, 0.25) is 0 Å². The third-order valence-electron chi connectivity index (χ3n) is 5.83. The quantitative estimate of drug-likeness (QED) is 0.528. The van der Waals surface area contributed by atoms with Crippen molar-refractivity contribution in [2.24, 2.45) is 0 Å². The molecule has 0 aliphatic carbocycles. The minimum Gasteiger partial charge on any atom is -0.465 e. The molecule has 3 aromatic rings. The molecule has 0 saturated heterocycles. The summed E-state index contributed by atoms with van der Waals surface area (Å²) < 4.78 is 32.7. The molecule has 1 aliphatic rings. The lowest BCUT2D eigenvalue weighted by Crippen LogP contribution is -2.33. The fourth-order valence-electron chi connectivity index (χ4n) is 4.20. The van der Waals surface area contributed by atoms with Crippen LogP contribution in [-0.4, -0.2) is 44.1 Å². The first kappa shape index (κ1) is 22.3. The van der Waals surface area contributed by atoms with E-state index in [0.29, 0.717) is 12.1 Å². The Morgan fingerprint density at radius 3 is 2.81 bits per heavy atom. The number of aromatic nitrogens is 2. The maximum Gasteiger partial charge on any atom is 0.337 e. The molecule has 32 heavy (non-hydrogen) atoms. The second-order valence-electron chi connectivity index (χ2n) is 8.17. The number of anilines is 1. The van der Waals surface area contributed by atoms with Crippen LogP contribution in [0.1, 0.15) is 48.3 Å². The summed E-state index contributed by atoms with van der Waals surface area (Å²) in [6, 6.07) is 8.73. The molecule has 0 radical (unpaired) electrons. The fraction of sp³-hybridized carbons (Fsp3) is 0.391. The first-order valence-electron chi connectivity index (χ1n) is 10.8. The van der Waals surface area contributed by atoms with Crippen molar-refractivity contribution in [1.29, 1.82) is 0 Å². The fourth-order valence-corrected chi connectivity index (χ4v) is 5.42. The van der Waals surface area contributed by atoms with E-state index in [4.69, 9.17) is 4.74 Å². The Hall–Kier alpha value is -2.91. The van der Waals surface area contributed by atoms with Crippen molar-refractivity contribution >= 4 is 32.7 Å². The minimum absolute atomic E-state index is 0.123. The van der Waals surface area contributed by atoms with Gasteiger partial charge >= 0.3 is 5.97 Å². The van der Waals surface area contributed by atoms with Crippen molar-refractivity contribution in [3.8, 4) is 0 Å². The molecule has 0 spiro atoms. The first-order chi connectivity index (χ1) is 15.3. The number of aromatic amines is 1. The zero-order chi connectivity index (χ0) is 22.9. The molecule has 0 amide bonds. The Morgan fingerprint density at radius 2 is 2.12 bits per heavy atom. The second kappa shape index (κ2) is 8.91. The van der Waals surface area contributed by atoms with Crippen LogP contribution < -0.4 is 9.62 Å². The number of hydrogen-bond acceptors (Lipinski definition) is 6. The molecule has 1 atom stereocenters. The van der Waals surface area contributed by atoms with E-state index in [2.05, 4.69) is 19.6 Å². The number of fused-ring (bicyclic) bond motifs is 3. The number of benzene rings is 1. The summed E-state index contributed by atoms with van der Waals surface area (Å²) in [5.41, 5.74) is 3.75.